The summed E-state index contributed by atoms with van der Waals surface area (Å²) in [7, 11) is 0. The lowest BCUT2D eigenvalue weighted by molar-refractivity contribution is -0.134. The lowest BCUT2D eigenvalue weighted by Crippen LogP contribution is -2.12. The lowest BCUT2D eigenvalue weighted by Gasteiger charge is -2.10. The van der Waals surface area contributed by atoms with Crippen LogP contribution in [-0.2, 0) is 11.3 Å². The summed E-state index contributed by atoms with van der Waals surface area (Å²) in [5.41, 5.74) is 2.64. The topological polar surface area (TPSA) is 81.4 Å². The van der Waals surface area contributed by atoms with Gasteiger partial charge in [-0.15, -0.1) is 0 Å². The maximum Gasteiger partial charge on any atom is 0.335 e. The maximum absolute atomic E-state index is 12.3. The summed E-state index contributed by atoms with van der Waals surface area (Å²) in [5, 5.41) is 9.69. The first-order valence-corrected chi connectivity index (χ1v) is 9.64. The van der Waals surface area contributed by atoms with Crippen LogP contribution in [0.5, 0.6) is 5.75 Å². The van der Waals surface area contributed by atoms with Gasteiger partial charge >= 0.3 is 11.9 Å². The van der Waals surface area contributed by atoms with Crippen molar-refractivity contribution < 1.29 is 19.4 Å². The smallest absolute Gasteiger partial charge is 0.335 e. The molecule has 0 fully saturated rings. The van der Waals surface area contributed by atoms with E-state index in [1.807, 2.05) is 28.8 Å². The first-order chi connectivity index (χ1) is 14.5. The van der Waals surface area contributed by atoms with Crippen LogP contribution in [-0.4, -0.2) is 26.6 Å². The molecule has 0 amide bonds. The summed E-state index contributed by atoms with van der Waals surface area (Å²) >= 11 is 5.85. The number of benzene rings is 3. The highest BCUT2D eigenvalue weighted by molar-refractivity contribution is 6.30. The zero-order valence-corrected chi connectivity index (χ0v) is 16.5. The first-order valence-electron chi connectivity index (χ1n) is 9.26. The molecule has 1 N–H and O–H groups in total. The molecule has 1 aromatic heterocycles. The Bertz CT molecular complexity index is 1210. The van der Waals surface area contributed by atoms with Gasteiger partial charge in [-0.3, -0.25) is 4.79 Å². The Hall–Kier alpha value is -3.64. The van der Waals surface area contributed by atoms with Crippen LogP contribution in [0.1, 0.15) is 16.8 Å². The predicted octanol–water partition coefficient (Wildman–Crippen LogP) is 5.05. The second kappa shape index (κ2) is 8.39. The number of para-hydroxylation sites is 2. The van der Waals surface area contributed by atoms with E-state index in [0.29, 0.717) is 23.1 Å². The third kappa shape index (κ3) is 4.18. The molecule has 150 valence electrons. The first kappa shape index (κ1) is 19.7. The second-order valence-electron chi connectivity index (χ2n) is 6.64. The number of carbonyl (C=O) groups excluding carboxylic acids is 1. The summed E-state index contributed by atoms with van der Waals surface area (Å²) < 4.78 is 7.31. The number of halogens is 1. The monoisotopic (exact) mass is 420 g/mol. The van der Waals surface area contributed by atoms with E-state index in [1.54, 1.807) is 36.4 Å². The van der Waals surface area contributed by atoms with Gasteiger partial charge in [0.15, 0.2) is 0 Å². The molecular formula is C23H17ClN2O4. The predicted molar refractivity (Wildman–Crippen MR) is 114 cm³/mol. The number of nitrogens with zero attached hydrogens (tertiary/aromatic N) is 2. The summed E-state index contributed by atoms with van der Waals surface area (Å²) in [6, 6.07) is 20.7. The molecule has 0 unspecified atom stereocenters. The van der Waals surface area contributed by atoms with Crippen LogP contribution in [0.3, 0.4) is 0 Å². The number of carbonyl (C=O) groups is 2. The highest BCUT2D eigenvalue weighted by atomic mass is 35.5. The average molecular weight is 421 g/mol. The van der Waals surface area contributed by atoms with Crippen LogP contribution >= 0.6 is 11.6 Å². The Kier molecular flexibility index (Phi) is 5.50. The van der Waals surface area contributed by atoms with Crippen LogP contribution in [0.2, 0.25) is 5.02 Å². The van der Waals surface area contributed by atoms with Gasteiger partial charge in [0.1, 0.15) is 11.6 Å². The van der Waals surface area contributed by atoms with Crippen molar-refractivity contribution in [2.75, 3.05) is 0 Å². The standard InChI is InChI=1S/C23H17ClN2O4/c24-17-9-11-18(12-10-17)30-21(27)13-14-26-20-4-2-1-3-19(20)25-22(26)15-5-7-16(8-6-15)23(28)29/h1-12H,13-14H2,(H,28,29). The van der Waals surface area contributed by atoms with E-state index in [1.165, 1.54) is 12.1 Å². The van der Waals surface area contributed by atoms with Crippen molar-refractivity contribution >= 4 is 34.6 Å². The molecule has 7 heteroatoms. The molecule has 0 saturated carbocycles. The quantitative estimate of drug-likeness (QED) is 0.348. The highest BCUT2D eigenvalue weighted by Gasteiger charge is 2.15. The number of hydrogen-bond donors (Lipinski definition) is 1. The molecule has 0 bridgehead atoms. The molecule has 30 heavy (non-hydrogen) atoms. The van der Waals surface area contributed by atoms with Crippen molar-refractivity contribution in [3.8, 4) is 17.1 Å². The van der Waals surface area contributed by atoms with Crippen LogP contribution in [0.15, 0.2) is 72.8 Å². The van der Waals surface area contributed by atoms with Crippen molar-refractivity contribution in [1.29, 1.82) is 0 Å². The van der Waals surface area contributed by atoms with Gasteiger partial charge in [0, 0.05) is 17.1 Å². The van der Waals surface area contributed by atoms with E-state index in [4.69, 9.17) is 21.4 Å². The van der Waals surface area contributed by atoms with Crippen LogP contribution in [0.25, 0.3) is 22.4 Å². The highest BCUT2D eigenvalue weighted by Crippen LogP contribution is 2.26. The molecule has 0 aliphatic rings. The molecular weight excluding hydrogens is 404 g/mol. The van der Waals surface area contributed by atoms with Gasteiger partial charge in [0.2, 0.25) is 0 Å². The molecule has 0 atom stereocenters. The largest absolute Gasteiger partial charge is 0.478 e. The van der Waals surface area contributed by atoms with Crippen LogP contribution < -0.4 is 4.74 Å². The number of rotatable bonds is 6. The minimum Gasteiger partial charge on any atom is -0.478 e. The fourth-order valence-electron chi connectivity index (χ4n) is 3.17. The molecule has 4 aromatic rings. The number of aromatic carboxylic acids is 1. The zero-order chi connectivity index (χ0) is 21.1. The van der Waals surface area contributed by atoms with Gasteiger partial charge in [-0.1, -0.05) is 35.9 Å². The van der Waals surface area contributed by atoms with Crippen LogP contribution in [0, 0.1) is 0 Å². The summed E-state index contributed by atoms with van der Waals surface area (Å²) in [4.78, 5) is 28.1. The van der Waals surface area contributed by atoms with Crippen LogP contribution in [0.4, 0.5) is 0 Å². The van der Waals surface area contributed by atoms with E-state index in [-0.39, 0.29) is 18.0 Å². The van der Waals surface area contributed by atoms with E-state index in [9.17, 15) is 9.59 Å². The average Bonchev–Trinajstić information content (AvgIpc) is 3.12. The fraction of sp³-hybridized carbons (Fsp3) is 0.0870. The van der Waals surface area contributed by atoms with Gasteiger partial charge in [0.25, 0.3) is 0 Å². The van der Waals surface area contributed by atoms with Crippen molar-refractivity contribution in [3.63, 3.8) is 0 Å². The Morgan fingerprint density at radius 3 is 2.37 bits per heavy atom. The molecule has 0 saturated heterocycles. The lowest BCUT2D eigenvalue weighted by atomic mass is 10.1. The Labute approximate surface area is 177 Å². The van der Waals surface area contributed by atoms with Crippen molar-refractivity contribution in [2.24, 2.45) is 0 Å². The molecule has 6 nitrogen and oxygen atoms in total. The number of ether oxygens (including phenoxy) is 1. The molecule has 0 radical (unpaired) electrons. The number of imidazole rings is 1. The van der Waals surface area contributed by atoms with Gasteiger partial charge in [0.05, 0.1) is 23.0 Å². The van der Waals surface area contributed by atoms with E-state index in [0.717, 1.165) is 16.6 Å². The van der Waals surface area contributed by atoms with E-state index in [2.05, 4.69) is 4.98 Å². The van der Waals surface area contributed by atoms with E-state index >= 15 is 0 Å². The number of aromatic nitrogens is 2. The number of esters is 1. The Morgan fingerprint density at radius 1 is 0.967 bits per heavy atom. The second-order valence-corrected chi connectivity index (χ2v) is 7.07. The molecule has 0 spiro atoms. The van der Waals surface area contributed by atoms with Crippen molar-refractivity contribution in [2.45, 2.75) is 13.0 Å². The zero-order valence-electron chi connectivity index (χ0n) is 15.8. The van der Waals surface area contributed by atoms with Gasteiger partial charge in [-0.05, 0) is 48.5 Å². The summed E-state index contributed by atoms with van der Waals surface area (Å²) in [6.45, 7) is 0.364. The fourth-order valence-corrected chi connectivity index (χ4v) is 3.30. The number of fused-ring (bicyclic) bond motifs is 1. The minimum absolute atomic E-state index is 0.142. The minimum atomic E-state index is -0.986. The number of carboxylic acids is 1. The van der Waals surface area contributed by atoms with Gasteiger partial charge < -0.3 is 14.4 Å². The summed E-state index contributed by atoms with van der Waals surface area (Å²) in [5.74, 6) is -0.265. The molecule has 3 aromatic carbocycles. The normalized spacial score (nSPS) is 10.8. The molecule has 0 aliphatic carbocycles. The molecule has 1 heterocycles. The Morgan fingerprint density at radius 2 is 1.67 bits per heavy atom. The van der Waals surface area contributed by atoms with E-state index < -0.39 is 5.97 Å². The molecule has 0 aliphatic heterocycles. The SMILES string of the molecule is O=C(CCn1c(-c2ccc(C(=O)O)cc2)nc2ccccc21)Oc1ccc(Cl)cc1. The number of aryl methyl sites for hydroxylation is 1. The number of carboxylic acid groups (broad SMARTS) is 1. The maximum atomic E-state index is 12.3. The third-order valence-electron chi connectivity index (χ3n) is 4.63. The van der Waals surface area contributed by atoms with Crippen molar-refractivity contribution in [1.82, 2.24) is 9.55 Å². The third-order valence-corrected chi connectivity index (χ3v) is 4.88. The van der Waals surface area contributed by atoms with Gasteiger partial charge in [-0.25, -0.2) is 9.78 Å². The van der Waals surface area contributed by atoms with Crippen molar-refractivity contribution in [3.05, 3.63) is 83.4 Å². The summed E-state index contributed by atoms with van der Waals surface area (Å²) in [6.07, 6.45) is 0.142. The number of hydrogen-bond acceptors (Lipinski definition) is 4. The van der Waals surface area contributed by atoms with Gasteiger partial charge in [-0.2, -0.15) is 0 Å². The Balaban J connectivity index is 1.59. The molecule has 4 rings (SSSR count).